The molecule has 0 aliphatic carbocycles. The summed E-state index contributed by atoms with van der Waals surface area (Å²) in [6.07, 6.45) is 7.23. The van der Waals surface area contributed by atoms with Crippen LogP contribution in [0.25, 0.3) is 16.9 Å². The number of para-hydroxylation sites is 1. The van der Waals surface area contributed by atoms with Gasteiger partial charge in [0.25, 0.3) is 5.91 Å². The van der Waals surface area contributed by atoms with Gasteiger partial charge < -0.3 is 9.64 Å². The summed E-state index contributed by atoms with van der Waals surface area (Å²) >= 11 is 0. The molecule has 6 nitrogen and oxygen atoms in total. The largest absolute Gasteiger partial charge is 0.381 e. The number of pyridine rings is 1. The van der Waals surface area contributed by atoms with Gasteiger partial charge in [-0.15, -0.1) is 0 Å². The van der Waals surface area contributed by atoms with E-state index in [1.54, 1.807) is 24.2 Å². The molecule has 0 spiro atoms. The van der Waals surface area contributed by atoms with Crippen molar-refractivity contribution in [3.8, 4) is 16.9 Å². The van der Waals surface area contributed by atoms with E-state index >= 15 is 0 Å². The number of hydrogen-bond donors (Lipinski definition) is 0. The molecule has 3 heterocycles. The van der Waals surface area contributed by atoms with Gasteiger partial charge >= 0.3 is 0 Å². The second kappa shape index (κ2) is 7.72. The molecule has 1 aliphatic rings. The fourth-order valence-electron chi connectivity index (χ4n) is 3.42. The van der Waals surface area contributed by atoms with Crippen LogP contribution >= 0.6 is 0 Å². The number of amides is 1. The number of hydrogen-bond acceptors (Lipinski definition) is 4. The van der Waals surface area contributed by atoms with Crippen molar-refractivity contribution in [3.63, 3.8) is 0 Å². The number of aromatic nitrogens is 3. The van der Waals surface area contributed by atoms with Crippen molar-refractivity contribution in [2.24, 2.45) is 0 Å². The van der Waals surface area contributed by atoms with E-state index in [0.29, 0.717) is 24.3 Å². The molecule has 0 atom stereocenters. The van der Waals surface area contributed by atoms with Crippen molar-refractivity contribution in [2.75, 3.05) is 20.2 Å². The van der Waals surface area contributed by atoms with E-state index in [-0.39, 0.29) is 12.0 Å². The molecule has 1 fully saturated rings. The minimum Gasteiger partial charge on any atom is -0.381 e. The molecule has 1 amide bonds. The van der Waals surface area contributed by atoms with Crippen molar-refractivity contribution < 1.29 is 9.53 Å². The molecule has 1 saturated heterocycles. The van der Waals surface area contributed by atoms with Gasteiger partial charge in [-0.1, -0.05) is 18.2 Å². The minimum absolute atomic E-state index is 0.00517. The van der Waals surface area contributed by atoms with Gasteiger partial charge in [-0.25, -0.2) is 4.68 Å². The van der Waals surface area contributed by atoms with Crippen LogP contribution in [0.1, 0.15) is 23.2 Å². The zero-order valence-electron chi connectivity index (χ0n) is 15.3. The molecule has 2 aromatic heterocycles. The third kappa shape index (κ3) is 3.61. The first-order chi connectivity index (χ1) is 13.3. The van der Waals surface area contributed by atoms with Crippen LogP contribution < -0.4 is 0 Å². The molecular weight excluding hydrogens is 340 g/mol. The van der Waals surface area contributed by atoms with Crippen LogP contribution in [0.3, 0.4) is 0 Å². The van der Waals surface area contributed by atoms with Crippen molar-refractivity contribution in [2.45, 2.75) is 18.9 Å². The monoisotopic (exact) mass is 362 g/mol. The molecule has 0 N–H and O–H groups in total. The van der Waals surface area contributed by atoms with Gasteiger partial charge in [0.15, 0.2) is 0 Å². The minimum atomic E-state index is 0.00517. The molecule has 0 saturated carbocycles. The van der Waals surface area contributed by atoms with Crippen LogP contribution in [-0.4, -0.2) is 51.9 Å². The first kappa shape index (κ1) is 17.4. The Hall–Kier alpha value is -2.99. The summed E-state index contributed by atoms with van der Waals surface area (Å²) in [5.74, 6) is 0.00517. The van der Waals surface area contributed by atoms with Gasteiger partial charge in [-0.05, 0) is 37.1 Å². The second-order valence-electron chi connectivity index (χ2n) is 6.64. The molecule has 27 heavy (non-hydrogen) atoms. The molecule has 4 rings (SSSR count). The molecule has 1 aromatic carbocycles. The average Bonchev–Trinajstić information content (AvgIpc) is 3.20. The van der Waals surface area contributed by atoms with E-state index in [0.717, 1.165) is 24.1 Å². The van der Waals surface area contributed by atoms with E-state index in [9.17, 15) is 4.79 Å². The number of carbonyl (C=O) groups excluding carboxylic acids is 1. The van der Waals surface area contributed by atoms with Crippen molar-refractivity contribution in [3.05, 3.63) is 66.6 Å². The van der Waals surface area contributed by atoms with Crippen LogP contribution in [0.2, 0.25) is 0 Å². The molecule has 0 bridgehead atoms. The van der Waals surface area contributed by atoms with Crippen LogP contribution in [0.4, 0.5) is 0 Å². The molecule has 6 heteroatoms. The Kier molecular flexibility index (Phi) is 4.98. The molecule has 138 valence electrons. The van der Waals surface area contributed by atoms with Gasteiger partial charge in [0.05, 0.1) is 17.4 Å². The predicted molar refractivity (Wildman–Crippen MR) is 103 cm³/mol. The lowest BCUT2D eigenvalue weighted by Crippen LogP contribution is -2.40. The SMILES string of the molecule is COC1CCN(C(=O)c2cn(-c3ccccc3)nc2-c2cccnc2)CC1. The van der Waals surface area contributed by atoms with Crippen LogP contribution in [0, 0.1) is 0 Å². The highest BCUT2D eigenvalue weighted by atomic mass is 16.5. The summed E-state index contributed by atoms with van der Waals surface area (Å²) in [7, 11) is 1.73. The highest BCUT2D eigenvalue weighted by Crippen LogP contribution is 2.25. The Bertz CT molecular complexity index is 900. The summed E-state index contributed by atoms with van der Waals surface area (Å²) in [4.78, 5) is 19.3. The van der Waals surface area contributed by atoms with Crippen LogP contribution in [-0.2, 0) is 4.74 Å². The normalized spacial score (nSPS) is 15.1. The highest BCUT2D eigenvalue weighted by molar-refractivity contribution is 6.00. The van der Waals surface area contributed by atoms with E-state index in [1.807, 2.05) is 53.6 Å². The lowest BCUT2D eigenvalue weighted by molar-refractivity contribution is 0.0351. The Labute approximate surface area is 158 Å². The summed E-state index contributed by atoms with van der Waals surface area (Å²) in [5, 5.41) is 4.70. The van der Waals surface area contributed by atoms with Crippen LogP contribution in [0.5, 0.6) is 0 Å². The topological polar surface area (TPSA) is 60.2 Å². The van der Waals surface area contributed by atoms with Gasteiger partial charge in [0.1, 0.15) is 5.69 Å². The maximum atomic E-state index is 13.2. The zero-order valence-corrected chi connectivity index (χ0v) is 15.3. The Balaban J connectivity index is 1.70. The molecule has 3 aromatic rings. The number of piperidine rings is 1. The number of nitrogens with zero attached hydrogens (tertiary/aromatic N) is 4. The van der Waals surface area contributed by atoms with Gasteiger partial charge in [-0.3, -0.25) is 9.78 Å². The number of benzene rings is 1. The smallest absolute Gasteiger partial charge is 0.257 e. The van der Waals surface area contributed by atoms with Crippen molar-refractivity contribution in [1.29, 1.82) is 0 Å². The fraction of sp³-hybridized carbons (Fsp3) is 0.286. The van der Waals surface area contributed by atoms with E-state index < -0.39 is 0 Å². The van der Waals surface area contributed by atoms with Gasteiger partial charge in [-0.2, -0.15) is 5.10 Å². The Morgan fingerprint density at radius 2 is 1.89 bits per heavy atom. The maximum absolute atomic E-state index is 13.2. The summed E-state index contributed by atoms with van der Waals surface area (Å²) in [6.45, 7) is 1.39. The number of likely N-dealkylation sites (tertiary alicyclic amines) is 1. The third-order valence-electron chi connectivity index (χ3n) is 4.96. The zero-order chi connectivity index (χ0) is 18.6. The number of carbonyl (C=O) groups is 1. The molecular formula is C21H22N4O2. The molecule has 1 aliphatic heterocycles. The van der Waals surface area contributed by atoms with Gasteiger partial charge in [0, 0.05) is 44.4 Å². The number of ether oxygens (including phenoxy) is 1. The lowest BCUT2D eigenvalue weighted by atomic mass is 10.1. The fourth-order valence-corrected chi connectivity index (χ4v) is 3.42. The predicted octanol–water partition coefficient (Wildman–Crippen LogP) is 3.19. The quantitative estimate of drug-likeness (QED) is 0.715. The van der Waals surface area contributed by atoms with Crippen molar-refractivity contribution in [1.82, 2.24) is 19.7 Å². The lowest BCUT2D eigenvalue weighted by Gasteiger charge is -2.31. The summed E-state index contributed by atoms with van der Waals surface area (Å²) < 4.78 is 7.18. The van der Waals surface area contributed by atoms with Crippen molar-refractivity contribution >= 4 is 5.91 Å². The third-order valence-corrected chi connectivity index (χ3v) is 4.96. The summed E-state index contributed by atoms with van der Waals surface area (Å²) in [5.41, 5.74) is 3.01. The average molecular weight is 362 g/mol. The first-order valence-corrected chi connectivity index (χ1v) is 9.14. The molecule has 0 unspecified atom stereocenters. The Morgan fingerprint density at radius 1 is 1.11 bits per heavy atom. The highest BCUT2D eigenvalue weighted by Gasteiger charge is 2.27. The molecule has 0 radical (unpaired) electrons. The standard InChI is InChI=1S/C21H22N4O2/c1-27-18-9-12-24(13-10-18)21(26)19-15-25(17-7-3-2-4-8-17)23-20(19)16-6-5-11-22-14-16/h2-8,11,14-15,18H,9-10,12-13H2,1H3. The van der Waals surface area contributed by atoms with E-state index in [2.05, 4.69) is 4.98 Å². The Morgan fingerprint density at radius 3 is 2.56 bits per heavy atom. The maximum Gasteiger partial charge on any atom is 0.257 e. The first-order valence-electron chi connectivity index (χ1n) is 9.14. The number of rotatable bonds is 4. The van der Waals surface area contributed by atoms with E-state index in [1.165, 1.54) is 0 Å². The summed E-state index contributed by atoms with van der Waals surface area (Å²) in [6, 6.07) is 13.6. The van der Waals surface area contributed by atoms with Gasteiger partial charge in [0.2, 0.25) is 0 Å². The second-order valence-corrected chi connectivity index (χ2v) is 6.64. The van der Waals surface area contributed by atoms with Crippen LogP contribution in [0.15, 0.2) is 61.1 Å². The number of methoxy groups -OCH3 is 1. The van der Waals surface area contributed by atoms with E-state index in [4.69, 9.17) is 9.84 Å².